The van der Waals surface area contributed by atoms with Gasteiger partial charge in [0, 0.05) is 5.56 Å². The van der Waals surface area contributed by atoms with Gasteiger partial charge in [0.05, 0.1) is 12.3 Å². The number of hydrogen-bond donors (Lipinski definition) is 1. The first-order chi connectivity index (χ1) is 8.24. The molecular formula is C15H19NO. The molecule has 0 saturated heterocycles. The Bertz CT molecular complexity index is 487. The molecule has 0 aliphatic heterocycles. The molecule has 1 atom stereocenters. The molecule has 1 unspecified atom stereocenters. The lowest BCUT2D eigenvalue weighted by atomic mass is 9.95. The Labute approximate surface area is 103 Å². The second-order valence-corrected chi connectivity index (χ2v) is 4.28. The molecule has 17 heavy (non-hydrogen) atoms. The number of rotatable bonds is 4. The van der Waals surface area contributed by atoms with Crippen LogP contribution in [0.3, 0.4) is 0 Å². The van der Waals surface area contributed by atoms with Crippen molar-refractivity contribution in [2.75, 3.05) is 6.54 Å². The molecule has 90 valence electrons. The van der Waals surface area contributed by atoms with E-state index in [1.54, 1.807) is 6.26 Å². The molecule has 2 rings (SSSR count). The van der Waals surface area contributed by atoms with Crippen LogP contribution < -0.4 is 5.32 Å². The van der Waals surface area contributed by atoms with E-state index in [0.717, 1.165) is 12.3 Å². The zero-order valence-corrected chi connectivity index (χ0v) is 10.7. The summed E-state index contributed by atoms with van der Waals surface area (Å²) in [4.78, 5) is 0. The van der Waals surface area contributed by atoms with Crippen molar-refractivity contribution in [1.29, 1.82) is 0 Å². The molecule has 1 aromatic heterocycles. The van der Waals surface area contributed by atoms with Crippen LogP contribution in [0.15, 0.2) is 41.0 Å². The minimum Gasteiger partial charge on any atom is -0.469 e. The molecule has 2 heteroatoms. The summed E-state index contributed by atoms with van der Waals surface area (Å²) in [7, 11) is 0. The van der Waals surface area contributed by atoms with Crippen molar-refractivity contribution in [2.45, 2.75) is 26.8 Å². The monoisotopic (exact) mass is 229 g/mol. The van der Waals surface area contributed by atoms with Crippen LogP contribution in [0, 0.1) is 13.8 Å². The van der Waals surface area contributed by atoms with E-state index in [4.69, 9.17) is 4.42 Å². The highest BCUT2D eigenvalue weighted by Gasteiger charge is 2.18. The van der Waals surface area contributed by atoms with Gasteiger partial charge in [0.1, 0.15) is 5.76 Å². The summed E-state index contributed by atoms with van der Waals surface area (Å²) in [6.07, 6.45) is 1.76. The van der Waals surface area contributed by atoms with Crippen molar-refractivity contribution >= 4 is 0 Å². The van der Waals surface area contributed by atoms with E-state index < -0.39 is 0 Å². The summed E-state index contributed by atoms with van der Waals surface area (Å²) in [6.45, 7) is 7.22. The molecule has 0 fully saturated rings. The van der Waals surface area contributed by atoms with Crippen molar-refractivity contribution < 1.29 is 4.42 Å². The highest BCUT2D eigenvalue weighted by molar-refractivity contribution is 5.37. The van der Waals surface area contributed by atoms with Crippen LogP contribution in [0.2, 0.25) is 0 Å². The van der Waals surface area contributed by atoms with E-state index in [0.29, 0.717) is 0 Å². The molecule has 2 aromatic rings. The Morgan fingerprint density at radius 1 is 1.12 bits per heavy atom. The van der Waals surface area contributed by atoms with Gasteiger partial charge in [0.15, 0.2) is 0 Å². The molecule has 0 saturated carbocycles. The zero-order chi connectivity index (χ0) is 12.3. The largest absolute Gasteiger partial charge is 0.469 e. The third-order valence-corrected chi connectivity index (χ3v) is 3.12. The Kier molecular flexibility index (Phi) is 3.64. The fraction of sp³-hybridized carbons (Fsp3) is 0.333. The van der Waals surface area contributed by atoms with Crippen molar-refractivity contribution in [2.24, 2.45) is 0 Å². The smallest absolute Gasteiger partial charge is 0.105 e. The second kappa shape index (κ2) is 5.19. The van der Waals surface area contributed by atoms with Crippen LogP contribution in [0.1, 0.15) is 35.4 Å². The molecule has 1 N–H and O–H groups in total. The summed E-state index contributed by atoms with van der Waals surface area (Å²) in [6, 6.07) is 10.8. The van der Waals surface area contributed by atoms with Gasteiger partial charge in [-0.25, -0.2) is 0 Å². The van der Waals surface area contributed by atoms with Crippen LogP contribution in [-0.2, 0) is 0 Å². The third kappa shape index (κ3) is 2.42. The highest BCUT2D eigenvalue weighted by Crippen LogP contribution is 2.27. The first kappa shape index (κ1) is 11.9. The number of hydrogen-bond acceptors (Lipinski definition) is 2. The first-order valence-corrected chi connectivity index (χ1v) is 6.07. The Morgan fingerprint density at radius 3 is 2.47 bits per heavy atom. The summed E-state index contributed by atoms with van der Waals surface area (Å²) in [5.74, 6) is 0.985. The van der Waals surface area contributed by atoms with Gasteiger partial charge in [0.25, 0.3) is 0 Å². The topological polar surface area (TPSA) is 25.2 Å². The van der Waals surface area contributed by atoms with E-state index in [1.807, 2.05) is 6.92 Å². The molecular weight excluding hydrogens is 210 g/mol. The van der Waals surface area contributed by atoms with Gasteiger partial charge in [0.2, 0.25) is 0 Å². The van der Waals surface area contributed by atoms with Gasteiger partial charge < -0.3 is 9.73 Å². The first-order valence-electron chi connectivity index (χ1n) is 6.07. The number of benzene rings is 1. The van der Waals surface area contributed by atoms with Crippen LogP contribution in [0.25, 0.3) is 0 Å². The summed E-state index contributed by atoms with van der Waals surface area (Å²) in [5, 5.41) is 3.52. The zero-order valence-electron chi connectivity index (χ0n) is 10.7. The standard InChI is InChI=1S/C15H19NO/c1-4-16-15(14-9-10-17-12(14)3)13-8-6-5-7-11(13)2/h5-10,15-16H,4H2,1-3H3. The summed E-state index contributed by atoms with van der Waals surface area (Å²) >= 11 is 0. The molecule has 1 aromatic carbocycles. The van der Waals surface area contributed by atoms with Crippen molar-refractivity contribution in [1.82, 2.24) is 5.32 Å². The molecule has 0 bridgehead atoms. The van der Waals surface area contributed by atoms with E-state index >= 15 is 0 Å². The average molecular weight is 229 g/mol. The maximum atomic E-state index is 5.41. The maximum Gasteiger partial charge on any atom is 0.105 e. The minimum absolute atomic E-state index is 0.222. The van der Waals surface area contributed by atoms with Crippen LogP contribution in [-0.4, -0.2) is 6.54 Å². The van der Waals surface area contributed by atoms with Gasteiger partial charge in [-0.2, -0.15) is 0 Å². The normalized spacial score (nSPS) is 12.6. The number of aryl methyl sites for hydroxylation is 2. The quantitative estimate of drug-likeness (QED) is 0.866. The van der Waals surface area contributed by atoms with Crippen LogP contribution in [0.5, 0.6) is 0 Å². The lowest BCUT2D eigenvalue weighted by Gasteiger charge is -2.20. The summed E-state index contributed by atoms with van der Waals surface area (Å²) < 4.78 is 5.41. The van der Waals surface area contributed by atoms with Gasteiger partial charge in [-0.3, -0.25) is 0 Å². The second-order valence-electron chi connectivity index (χ2n) is 4.28. The lowest BCUT2D eigenvalue weighted by Crippen LogP contribution is -2.22. The molecule has 0 spiro atoms. The van der Waals surface area contributed by atoms with Crippen molar-refractivity contribution in [3.8, 4) is 0 Å². The summed E-state index contributed by atoms with van der Waals surface area (Å²) in [5.41, 5.74) is 3.85. The fourth-order valence-electron chi connectivity index (χ4n) is 2.20. The van der Waals surface area contributed by atoms with Crippen molar-refractivity contribution in [3.63, 3.8) is 0 Å². The Balaban J connectivity index is 2.43. The maximum absolute atomic E-state index is 5.41. The van der Waals surface area contributed by atoms with Crippen LogP contribution in [0.4, 0.5) is 0 Å². The third-order valence-electron chi connectivity index (χ3n) is 3.12. The van der Waals surface area contributed by atoms with Crippen LogP contribution >= 0.6 is 0 Å². The molecule has 0 aliphatic rings. The van der Waals surface area contributed by atoms with Crippen molar-refractivity contribution in [3.05, 3.63) is 59.0 Å². The fourth-order valence-corrected chi connectivity index (χ4v) is 2.20. The van der Waals surface area contributed by atoms with Gasteiger partial charge >= 0.3 is 0 Å². The molecule has 0 amide bonds. The lowest BCUT2D eigenvalue weighted by molar-refractivity contribution is 0.519. The van der Waals surface area contributed by atoms with E-state index in [9.17, 15) is 0 Å². The Morgan fingerprint density at radius 2 is 1.88 bits per heavy atom. The van der Waals surface area contributed by atoms with Gasteiger partial charge in [-0.1, -0.05) is 31.2 Å². The number of furan rings is 1. The average Bonchev–Trinajstić information content (AvgIpc) is 2.74. The highest BCUT2D eigenvalue weighted by atomic mass is 16.3. The predicted octanol–water partition coefficient (Wildman–Crippen LogP) is 3.60. The van der Waals surface area contributed by atoms with E-state index in [1.165, 1.54) is 16.7 Å². The Hall–Kier alpha value is -1.54. The number of nitrogens with one attached hydrogen (secondary N) is 1. The molecule has 0 radical (unpaired) electrons. The van der Waals surface area contributed by atoms with Gasteiger partial charge in [-0.15, -0.1) is 0 Å². The molecule has 0 aliphatic carbocycles. The molecule has 1 heterocycles. The molecule has 2 nitrogen and oxygen atoms in total. The van der Waals surface area contributed by atoms with Gasteiger partial charge in [-0.05, 0) is 37.6 Å². The minimum atomic E-state index is 0.222. The predicted molar refractivity (Wildman–Crippen MR) is 70.1 cm³/mol. The van der Waals surface area contributed by atoms with E-state index in [2.05, 4.69) is 49.5 Å². The SMILES string of the molecule is CCNC(c1ccccc1C)c1ccoc1C. The van der Waals surface area contributed by atoms with E-state index in [-0.39, 0.29) is 6.04 Å².